The summed E-state index contributed by atoms with van der Waals surface area (Å²) >= 11 is 0. The van der Waals surface area contributed by atoms with Crippen molar-refractivity contribution in [2.24, 2.45) is 0 Å². The van der Waals surface area contributed by atoms with Crippen molar-refractivity contribution in [3.63, 3.8) is 0 Å². The summed E-state index contributed by atoms with van der Waals surface area (Å²) in [5.41, 5.74) is 0.521. The van der Waals surface area contributed by atoms with E-state index >= 15 is 0 Å². The highest BCUT2D eigenvalue weighted by Crippen LogP contribution is 2.15. The molecule has 1 aromatic rings. The number of rotatable bonds is 3. The minimum atomic E-state index is -3.29. The molecule has 0 amide bonds. The third kappa shape index (κ3) is 2.70. The Morgan fingerprint density at radius 3 is 3.00 bits per heavy atom. The van der Waals surface area contributed by atoms with Crippen molar-refractivity contribution in [3.8, 4) is 0 Å². The zero-order valence-electron chi connectivity index (χ0n) is 8.89. The molecule has 1 saturated heterocycles. The van der Waals surface area contributed by atoms with Crippen molar-refractivity contribution in [1.82, 2.24) is 10.3 Å². The van der Waals surface area contributed by atoms with Crippen molar-refractivity contribution >= 4 is 15.7 Å². The van der Waals surface area contributed by atoms with E-state index in [9.17, 15) is 8.42 Å². The fourth-order valence-corrected chi connectivity index (χ4v) is 3.19. The highest BCUT2D eigenvalue weighted by atomic mass is 32.2. The van der Waals surface area contributed by atoms with E-state index in [2.05, 4.69) is 15.0 Å². The second-order valence-corrected chi connectivity index (χ2v) is 5.82. The summed E-state index contributed by atoms with van der Waals surface area (Å²) in [5, 5.41) is 2.75. The van der Waals surface area contributed by atoms with Gasteiger partial charge in [0.05, 0.1) is 17.1 Å². The molecule has 6 heteroatoms. The first-order valence-corrected chi connectivity index (χ1v) is 6.85. The molecular formula is C10H15N3O2S. The van der Waals surface area contributed by atoms with Crippen molar-refractivity contribution in [2.45, 2.75) is 18.1 Å². The molecule has 1 aliphatic heterocycles. The van der Waals surface area contributed by atoms with E-state index in [0.717, 1.165) is 13.0 Å². The molecule has 88 valence electrons. The van der Waals surface area contributed by atoms with Gasteiger partial charge in [-0.25, -0.2) is 8.42 Å². The van der Waals surface area contributed by atoms with E-state index < -0.39 is 10.0 Å². The van der Waals surface area contributed by atoms with Gasteiger partial charge in [0.1, 0.15) is 0 Å². The van der Waals surface area contributed by atoms with Crippen LogP contribution in [0, 0.1) is 0 Å². The zero-order valence-corrected chi connectivity index (χ0v) is 9.70. The molecule has 0 aromatic carbocycles. The number of anilines is 1. The lowest BCUT2D eigenvalue weighted by atomic mass is 10.2. The van der Waals surface area contributed by atoms with Crippen molar-refractivity contribution in [1.29, 1.82) is 0 Å². The summed E-state index contributed by atoms with van der Waals surface area (Å²) in [6, 6.07) is 3.40. The summed E-state index contributed by atoms with van der Waals surface area (Å²) in [4.78, 5) is 3.87. The van der Waals surface area contributed by atoms with Crippen LogP contribution in [-0.2, 0) is 10.0 Å². The minimum absolute atomic E-state index is 0.346. The van der Waals surface area contributed by atoms with Crippen molar-refractivity contribution in [3.05, 3.63) is 24.5 Å². The fourth-order valence-electron chi connectivity index (χ4n) is 1.76. The van der Waals surface area contributed by atoms with Gasteiger partial charge in [0, 0.05) is 12.7 Å². The summed E-state index contributed by atoms with van der Waals surface area (Å²) < 4.78 is 26.5. The number of piperidine rings is 1. The lowest BCUT2D eigenvalue weighted by Crippen LogP contribution is -2.41. The van der Waals surface area contributed by atoms with Gasteiger partial charge < -0.3 is 5.32 Å². The van der Waals surface area contributed by atoms with Crippen LogP contribution in [0.25, 0.3) is 0 Å². The standard InChI is InChI=1S/C10H15N3O2S/c14-16(15,10-4-2-6-12-8-10)13-9-3-1-5-11-7-9/h1,3,5,7,10,12-13H,2,4,6,8H2. The van der Waals surface area contributed by atoms with Crippen LogP contribution in [0.2, 0.25) is 0 Å². The summed E-state index contributed by atoms with van der Waals surface area (Å²) in [6.45, 7) is 1.43. The van der Waals surface area contributed by atoms with Crippen LogP contribution in [0.3, 0.4) is 0 Å². The van der Waals surface area contributed by atoms with E-state index in [0.29, 0.717) is 18.7 Å². The minimum Gasteiger partial charge on any atom is -0.315 e. The Bertz CT molecular complexity index is 427. The molecule has 1 unspecified atom stereocenters. The van der Waals surface area contributed by atoms with E-state index in [1.54, 1.807) is 18.3 Å². The second kappa shape index (κ2) is 4.80. The monoisotopic (exact) mass is 241 g/mol. The molecule has 0 aliphatic carbocycles. The molecular weight excluding hydrogens is 226 g/mol. The first-order chi connectivity index (χ1) is 7.68. The van der Waals surface area contributed by atoms with Gasteiger partial charge in [-0.2, -0.15) is 0 Å². The van der Waals surface area contributed by atoms with Gasteiger partial charge in [0.2, 0.25) is 10.0 Å². The molecule has 0 spiro atoms. The van der Waals surface area contributed by atoms with E-state index in [1.165, 1.54) is 6.20 Å². The first-order valence-electron chi connectivity index (χ1n) is 5.31. The van der Waals surface area contributed by atoms with Gasteiger partial charge in [-0.3, -0.25) is 9.71 Å². The smallest absolute Gasteiger partial charge is 0.236 e. The van der Waals surface area contributed by atoms with E-state index in [4.69, 9.17) is 0 Å². The van der Waals surface area contributed by atoms with Crippen molar-refractivity contribution < 1.29 is 8.42 Å². The highest BCUT2D eigenvalue weighted by Gasteiger charge is 2.26. The lowest BCUT2D eigenvalue weighted by Gasteiger charge is -2.23. The van der Waals surface area contributed by atoms with Gasteiger partial charge in [0.15, 0.2) is 0 Å². The molecule has 1 atom stereocenters. The summed E-state index contributed by atoms with van der Waals surface area (Å²) in [5.74, 6) is 0. The number of nitrogens with zero attached hydrogens (tertiary/aromatic N) is 1. The van der Waals surface area contributed by atoms with E-state index in [1.807, 2.05) is 0 Å². The largest absolute Gasteiger partial charge is 0.315 e. The van der Waals surface area contributed by atoms with Gasteiger partial charge in [-0.1, -0.05) is 0 Å². The predicted molar refractivity (Wildman–Crippen MR) is 62.7 cm³/mol. The number of aromatic nitrogens is 1. The van der Waals surface area contributed by atoms with Gasteiger partial charge >= 0.3 is 0 Å². The van der Waals surface area contributed by atoms with Crippen LogP contribution in [0.15, 0.2) is 24.5 Å². The Hall–Kier alpha value is -1.14. The van der Waals surface area contributed by atoms with Gasteiger partial charge in [-0.15, -0.1) is 0 Å². The zero-order chi connectivity index (χ0) is 11.4. The Balaban J connectivity index is 2.08. The van der Waals surface area contributed by atoms with Crippen molar-refractivity contribution in [2.75, 3.05) is 17.8 Å². The number of hydrogen-bond acceptors (Lipinski definition) is 4. The third-order valence-corrected chi connectivity index (χ3v) is 4.41. The quantitative estimate of drug-likeness (QED) is 0.812. The van der Waals surface area contributed by atoms with Gasteiger partial charge in [0.25, 0.3) is 0 Å². The maximum Gasteiger partial charge on any atom is 0.236 e. The number of pyridine rings is 1. The molecule has 0 saturated carbocycles. The Morgan fingerprint density at radius 1 is 1.50 bits per heavy atom. The third-order valence-electron chi connectivity index (χ3n) is 2.61. The summed E-state index contributed by atoms with van der Waals surface area (Å²) in [6.07, 6.45) is 4.73. The molecule has 1 fully saturated rings. The normalized spacial score (nSPS) is 21.6. The first kappa shape index (κ1) is 11.3. The number of sulfonamides is 1. The average Bonchev–Trinajstić information content (AvgIpc) is 2.31. The van der Waals surface area contributed by atoms with Crippen LogP contribution in [-0.4, -0.2) is 31.7 Å². The van der Waals surface area contributed by atoms with Crippen LogP contribution >= 0.6 is 0 Å². The Labute approximate surface area is 95.3 Å². The van der Waals surface area contributed by atoms with E-state index in [-0.39, 0.29) is 5.25 Å². The summed E-state index contributed by atoms with van der Waals surface area (Å²) in [7, 11) is -3.29. The number of nitrogens with one attached hydrogen (secondary N) is 2. The second-order valence-electron chi connectivity index (χ2n) is 3.86. The average molecular weight is 241 g/mol. The van der Waals surface area contributed by atoms with Crippen LogP contribution < -0.4 is 10.0 Å². The lowest BCUT2D eigenvalue weighted by molar-refractivity contribution is 0.499. The SMILES string of the molecule is O=S(=O)(Nc1cccnc1)C1CCCNC1. The maximum atomic E-state index is 12.0. The molecule has 0 radical (unpaired) electrons. The van der Waals surface area contributed by atoms with Crippen LogP contribution in [0.5, 0.6) is 0 Å². The Morgan fingerprint density at radius 2 is 2.38 bits per heavy atom. The molecule has 2 heterocycles. The predicted octanol–water partition coefficient (Wildman–Crippen LogP) is 0.575. The topological polar surface area (TPSA) is 71.1 Å². The highest BCUT2D eigenvalue weighted by molar-refractivity contribution is 7.93. The molecule has 2 rings (SSSR count). The Kier molecular flexibility index (Phi) is 3.40. The molecule has 0 bridgehead atoms. The number of hydrogen-bond donors (Lipinski definition) is 2. The molecule has 1 aliphatic rings. The van der Waals surface area contributed by atoms with Crippen LogP contribution in [0.4, 0.5) is 5.69 Å². The molecule has 2 N–H and O–H groups in total. The van der Waals surface area contributed by atoms with Gasteiger partial charge in [-0.05, 0) is 31.5 Å². The van der Waals surface area contributed by atoms with Crippen LogP contribution in [0.1, 0.15) is 12.8 Å². The maximum absolute atomic E-state index is 12.0. The molecule has 1 aromatic heterocycles. The molecule has 16 heavy (non-hydrogen) atoms. The molecule has 5 nitrogen and oxygen atoms in total. The fraction of sp³-hybridized carbons (Fsp3) is 0.500.